The smallest absolute Gasteiger partial charge is 0.315 e. The van der Waals surface area contributed by atoms with Crippen LogP contribution in [0.5, 0.6) is 0 Å². The Morgan fingerprint density at radius 3 is 2.38 bits per heavy atom. The van der Waals surface area contributed by atoms with Crippen molar-refractivity contribution >= 4 is 23.7 Å². The van der Waals surface area contributed by atoms with Crippen LogP contribution in [-0.4, -0.2) is 46.8 Å². The first kappa shape index (κ1) is 23.6. The Morgan fingerprint density at radius 1 is 1.17 bits per heavy atom. The van der Waals surface area contributed by atoms with Gasteiger partial charge in [0.25, 0.3) is 0 Å². The maximum Gasteiger partial charge on any atom is 0.315 e. The van der Waals surface area contributed by atoms with Gasteiger partial charge in [-0.1, -0.05) is 39.0 Å². The second kappa shape index (κ2) is 9.88. The van der Waals surface area contributed by atoms with Gasteiger partial charge in [0.15, 0.2) is 0 Å². The van der Waals surface area contributed by atoms with Gasteiger partial charge in [-0.25, -0.2) is 4.79 Å². The fourth-order valence-corrected chi connectivity index (χ4v) is 4.75. The Bertz CT molecular complexity index is 685. The van der Waals surface area contributed by atoms with E-state index in [1.165, 1.54) is 4.90 Å². The highest BCUT2D eigenvalue weighted by atomic mass is 32.2. The zero-order chi connectivity index (χ0) is 21.7. The number of hydrogen-bond donors (Lipinski definition) is 2. The van der Waals surface area contributed by atoms with Crippen LogP contribution in [0.15, 0.2) is 35.2 Å². The third kappa shape index (κ3) is 7.25. The molecule has 0 radical (unpaired) electrons. The van der Waals surface area contributed by atoms with Crippen molar-refractivity contribution in [2.45, 2.75) is 83.3 Å². The number of rotatable bonds is 7. The van der Waals surface area contributed by atoms with Crippen LogP contribution >= 0.6 is 11.8 Å². The Kier molecular flexibility index (Phi) is 8.03. The van der Waals surface area contributed by atoms with Gasteiger partial charge in [-0.05, 0) is 57.6 Å². The number of amides is 3. The van der Waals surface area contributed by atoms with E-state index in [1.807, 2.05) is 57.7 Å². The third-order valence-electron chi connectivity index (χ3n) is 5.42. The quantitative estimate of drug-likeness (QED) is 0.631. The molecule has 6 heteroatoms. The Hall–Kier alpha value is -1.69. The molecule has 3 amide bonds. The number of carbonyl (C=O) groups is 2. The summed E-state index contributed by atoms with van der Waals surface area (Å²) in [5.41, 5.74) is -0.720. The second-order valence-electron chi connectivity index (χ2n) is 9.72. The monoisotopic (exact) mass is 419 g/mol. The van der Waals surface area contributed by atoms with E-state index in [9.17, 15) is 9.59 Å². The second-order valence-corrected chi connectivity index (χ2v) is 10.9. The van der Waals surface area contributed by atoms with Gasteiger partial charge in [-0.2, -0.15) is 0 Å². The van der Waals surface area contributed by atoms with Crippen LogP contribution in [0.3, 0.4) is 0 Å². The van der Waals surface area contributed by atoms with Crippen LogP contribution in [0.1, 0.15) is 60.8 Å². The average Bonchev–Trinajstić information content (AvgIpc) is 3.04. The summed E-state index contributed by atoms with van der Waals surface area (Å²) in [7, 11) is 0. The minimum absolute atomic E-state index is 0.0232. The summed E-state index contributed by atoms with van der Waals surface area (Å²) in [4.78, 5) is 29.0. The van der Waals surface area contributed by atoms with Crippen molar-refractivity contribution in [2.75, 3.05) is 12.3 Å². The van der Waals surface area contributed by atoms with E-state index in [0.29, 0.717) is 0 Å². The maximum absolute atomic E-state index is 13.1. The van der Waals surface area contributed by atoms with E-state index in [4.69, 9.17) is 0 Å². The van der Waals surface area contributed by atoms with Crippen LogP contribution in [-0.2, 0) is 4.79 Å². The molecule has 0 spiro atoms. The van der Waals surface area contributed by atoms with E-state index in [2.05, 4.69) is 29.7 Å². The predicted octanol–water partition coefficient (Wildman–Crippen LogP) is 4.67. The van der Waals surface area contributed by atoms with Crippen molar-refractivity contribution < 1.29 is 9.59 Å². The lowest BCUT2D eigenvalue weighted by atomic mass is 9.85. The van der Waals surface area contributed by atoms with Gasteiger partial charge in [-0.3, -0.25) is 4.79 Å². The molecule has 1 heterocycles. The molecular weight excluding hydrogens is 382 g/mol. The zero-order valence-corrected chi connectivity index (χ0v) is 19.6. The van der Waals surface area contributed by atoms with Gasteiger partial charge in [-0.15, -0.1) is 11.8 Å². The summed E-state index contributed by atoms with van der Waals surface area (Å²) in [6.45, 7) is 12.9. The van der Waals surface area contributed by atoms with Crippen molar-refractivity contribution in [1.29, 1.82) is 0 Å². The van der Waals surface area contributed by atoms with Crippen molar-refractivity contribution in [2.24, 2.45) is 5.41 Å². The first-order chi connectivity index (χ1) is 13.5. The molecule has 1 aromatic carbocycles. The number of hydrogen-bond acceptors (Lipinski definition) is 3. The van der Waals surface area contributed by atoms with E-state index in [-0.39, 0.29) is 28.9 Å². The topological polar surface area (TPSA) is 61.4 Å². The molecule has 1 aliphatic rings. The summed E-state index contributed by atoms with van der Waals surface area (Å²) in [6, 6.07) is 9.68. The lowest BCUT2D eigenvalue weighted by Crippen LogP contribution is -2.59. The lowest BCUT2D eigenvalue weighted by molar-refractivity contribution is -0.136. The van der Waals surface area contributed by atoms with Crippen molar-refractivity contribution in [1.82, 2.24) is 15.5 Å². The van der Waals surface area contributed by atoms with Crippen LogP contribution in [0.2, 0.25) is 0 Å². The van der Waals surface area contributed by atoms with Crippen LogP contribution in [0.4, 0.5) is 4.79 Å². The molecule has 29 heavy (non-hydrogen) atoms. The van der Waals surface area contributed by atoms with Crippen LogP contribution in [0.25, 0.3) is 0 Å². The predicted molar refractivity (Wildman–Crippen MR) is 121 cm³/mol. The number of likely N-dealkylation sites (tertiary alicyclic amines) is 1. The number of urea groups is 1. The van der Waals surface area contributed by atoms with Gasteiger partial charge >= 0.3 is 6.03 Å². The van der Waals surface area contributed by atoms with E-state index in [1.54, 1.807) is 11.8 Å². The first-order valence-corrected chi connectivity index (χ1v) is 11.6. The molecular formula is C23H37N3O2S. The highest BCUT2D eigenvalue weighted by molar-refractivity contribution is 7.99. The number of nitrogens with zero attached hydrogens (tertiary/aromatic N) is 1. The van der Waals surface area contributed by atoms with Crippen molar-refractivity contribution in [3.8, 4) is 0 Å². The van der Waals surface area contributed by atoms with Gasteiger partial charge in [0.1, 0.15) is 6.04 Å². The highest BCUT2D eigenvalue weighted by Crippen LogP contribution is 2.26. The SMILES string of the molecule is CC1CCCN1C(=O)C(NC(=O)NC(C)(C)CCSc1ccccc1)C(C)(C)C. The number of carbonyl (C=O) groups excluding carboxylic acids is 2. The first-order valence-electron chi connectivity index (χ1n) is 10.6. The normalized spacial score (nSPS) is 18.4. The summed E-state index contributed by atoms with van der Waals surface area (Å²) in [6.07, 6.45) is 2.89. The van der Waals surface area contributed by atoms with E-state index < -0.39 is 6.04 Å². The molecule has 2 unspecified atom stereocenters. The molecule has 2 N–H and O–H groups in total. The highest BCUT2D eigenvalue weighted by Gasteiger charge is 2.38. The molecule has 0 saturated carbocycles. The Morgan fingerprint density at radius 2 is 1.83 bits per heavy atom. The minimum Gasteiger partial charge on any atom is -0.338 e. The molecule has 0 aliphatic carbocycles. The molecule has 1 fully saturated rings. The summed E-state index contributed by atoms with van der Waals surface area (Å²) in [5, 5.41) is 6.04. The number of thioether (sulfide) groups is 1. The molecule has 162 valence electrons. The molecule has 1 aromatic rings. The largest absolute Gasteiger partial charge is 0.338 e. The number of nitrogens with one attached hydrogen (secondary N) is 2. The molecule has 1 aliphatic heterocycles. The van der Waals surface area contributed by atoms with Gasteiger partial charge in [0.2, 0.25) is 5.91 Å². The van der Waals surface area contributed by atoms with E-state index in [0.717, 1.165) is 31.6 Å². The fourth-order valence-electron chi connectivity index (χ4n) is 3.55. The van der Waals surface area contributed by atoms with Gasteiger partial charge < -0.3 is 15.5 Å². The summed E-state index contributed by atoms with van der Waals surface area (Å²) in [5.74, 6) is 0.930. The maximum atomic E-state index is 13.1. The molecule has 2 rings (SSSR count). The van der Waals surface area contributed by atoms with Gasteiger partial charge in [0.05, 0.1) is 0 Å². The van der Waals surface area contributed by atoms with Gasteiger partial charge in [0, 0.05) is 28.8 Å². The van der Waals surface area contributed by atoms with E-state index >= 15 is 0 Å². The van der Waals surface area contributed by atoms with Crippen molar-refractivity contribution in [3.63, 3.8) is 0 Å². The zero-order valence-electron chi connectivity index (χ0n) is 18.7. The molecule has 0 bridgehead atoms. The molecule has 2 atom stereocenters. The molecule has 1 saturated heterocycles. The summed E-state index contributed by atoms with van der Waals surface area (Å²) < 4.78 is 0. The Balaban J connectivity index is 1.91. The lowest BCUT2D eigenvalue weighted by Gasteiger charge is -2.36. The molecule has 5 nitrogen and oxygen atoms in total. The average molecular weight is 420 g/mol. The number of benzene rings is 1. The summed E-state index contributed by atoms with van der Waals surface area (Å²) >= 11 is 1.78. The molecule has 0 aromatic heterocycles. The van der Waals surface area contributed by atoms with Crippen LogP contribution in [0, 0.1) is 5.41 Å². The van der Waals surface area contributed by atoms with Crippen molar-refractivity contribution in [3.05, 3.63) is 30.3 Å². The third-order valence-corrected chi connectivity index (χ3v) is 6.43. The van der Waals surface area contributed by atoms with Crippen LogP contribution < -0.4 is 10.6 Å². The Labute approximate surface area is 180 Å². The minimum atomic E-state index is -0.544. The fraction of sp³-hybridized carbons (Fsp3) is 0.652. The standard InChI is InChI=1S/C23H37N3O2S/c1-17-11-10-15-26(17)20(27)19(22(2,3)4)24-21(28)25-23(5,6)14-16-29-18-12-8-7-9-13-18/h7-9,12-13,17,19H,10-11,14-16H2,1-6H3,(H2,24,25,28).